The van der Waals surface area contributed by atoms with E-state index in [4.69, 9.17) is 11.6 Å². The van der Waals surface area contributed by atoms with Crippen molar-refractivity contribution < 1.29 is 4.39 Å². The molecular weight excluding hydrogens is 343 g/mol. The first-order valence-corrected chi connectivity index (χ1v) is 7.25. The molecule has 0 aliphatic heterocycles. The summed E-state index contributed by atoms with van der Waals surface area (Å²) in [6.45, 7) is 0.605. The van der Waals surface area contributed by atoms with E-state index in [1.165, 1.54) is 12.1 Å². The molecule has 2 nitrogen and oxygen atoms in total. The van der Waals surface area contributed by atoms with E-state index in [1.807, 2.05) is 24.4 Å². The topological polar surface area (TPSA) is 27.8 Å². The predicted molar refractivity (Wildman–Crippen MR) is 84.7 cm³/mol. The van der Waals surface area contributed by atoms with Gasteiger partial charge in [-0.1, -0.05) is 29.8 Å². The SMILES string of the molecule is Fc1cc(Cl)c(NCc2c[nH]c3ccccc23)c(Br)c1. The van der Waals surface area contributed by atoms with Crippen LogP contribution in [0.2, 0.25) is 5.02 Å². The molecule has 5 heteroatoms. The van der Waals surface area contributed by atoms with E-state index in [9.17, 15) is 4.39 Å². The molecule has 1 heterocycles. The summed E-state index contributed by atoms with van der Waals surface area (Å²) >= 11 is 9.37. The molecule has 0 spiro atoms. The number of fused-ring (bicyclic) bond motifs is 1. The van der Waals surface area contributed by atoms with E-state index in [2.05, 4.69) is 32.3 Å². The minimum atomic E-state index is -0.362. The second-order valence-corrected chi connectivity index (χ2v) is 5.72. The van der Waals surface area contributed by atoms with Crippen LogP contribution in [0.1, 0.15) is 5.56 Å². The van der Waals surface area contributed by atoms with Crippen LogP contribution in [0.5, 0.6) is 0 Å². The number of aromatic amines is 1. The van der Waals surface area contributed by atoms with Gasteiger partial charge in [-0.2, -0.15) is 0 Å². The first-order valence-electron chi connectivity index (χ1n) is 6.08. The second kappa shape index (κ2) is 5.46. The molecule has 0 atom stereocenters. The molecule has 0 fully saturated rings. The van der Waals surface area contributed by atoms with Gasteiger partial charge >= 0.3 is 0 Å². The molecule has 0 aliphatic carbocycles. The molecule has 0 saturated carbocycles. The van der Waals surface area contributed by atoms with Crippen molar-refractivity contribution in [3.8, 4) is 0 Å². The van der Waals surface area contributed by atoms with Crippen molar-refractivity contribution in [1.29, 1.82) is 0 Å². The standard InChI is InChI=1S/C15H11BrClFN2/c16-12-5-10(18)6-13(17)15(12)20-8-9-7-19-14-4-2-1-3-11(9)14/h1-7,19-20H,8H2. The minimum absolute atomic E-state index is 0.358. The number of benzene rings is 2. The van der Waals surface area contributed by atoms with Gasteiger partial charge in [0.25, 0.3) is 0 Å². The van der Waals surface area contributed by atoms with Crippen LogP contribution in [0.4, 0.5) is 10.1 Å². The Hall–Kier alpha value is -1.52. The zero-order valence-electron chi connectivity index (χ0n) is 10.4. The van der Waals surface area contributed by atoms with Gasteiger partial charge in [0.1, 0.15) is 5.82 Å². The highest BCUT2D eigenvalue weighted by molar-refractivity contribution is 9.10. The molecule has 20 heavy (non-hydrogen) atoms. The summed E-state index contributed by atoms with van der Waals surface area (Å²) in [4.78, 5) is 3.22. The van der Waals surface area contributed by atoms with E-state index in [1.54, 1.807) is 0 Å². The highest BCUT2D eigenvalue weighted by Gasteiger charge is 2.09. The Labute approximate surface area is 129 Å². The Kier molecular flexibility index (Phi) is 3.68. The lowest BCUT2D eigenvalue weighted by Crippen LogP contribution is -2.00. The third kappa shape index (κ3) is 2.53. The van der Waals surface area contributed by atoms with Crippen LogP contribution in [-0.2, 0) is 6.54 Å². The molecule has 2 aromatic carbocycles. The van der Waals surface area contributed by atoms with E-state index in [0.717, 1.165) is 16.5 Å². The number of aromatic nitrogens is 1. The number of H-pyrrole nitrogens is 1. The Morgan fingerprint density at radius 3 is 2.85 bits per heavy atom. The molecule has 2 N–H and O–H groups in total. The quantitative estimate of drug-likeness (QED) is 0.654. The molecule has 0 aliphatic rings. The van der Waals surface area contributed by atoms with Gasteiger partial charge in [-0.15, -0.1) is 0 Å². The fourth-order valence-electron chi connectivity index (χ4n) is 2.17. The van der Waals surface area contributed by atoms with Crippen molar-refractivity contribution in [3.05, 3.63) is 63.5 Å². The summed E-state index contributed by atoms with van der Waals surface area (Å²) in [5.41, 5.74) is 2.92. The fraction of sp³-hybridized carbons (Fsp3) is 0.0667. The maximum absolute atomic E-state index is 13.2. The predicted octanol–water partition coefficient (Wildman–Crippen LogP) is 5.34. The third-order valence-corrected chi connectivity index (χ3v) is 4.06. The van der Waals surface area contributed by atoms with Crippen LogP contribution >= 0.6 is 27.5 Å². The lowest BCUT2D eigenvalue weighted by atomic mass is 10.2. The second-order valence-electron chi connectivity index (χ2n) is 4.46. The number of anilines is 1. The Bertz CT molecular complexity index is 746. The summed E-state index contributed by atoms with van der Waals surface area (Å²) in [6, 6.07) is 10.8. The van der Waals surface area contributed by atoms with Crippen molar-refractivity contribution in [2.75, 3.05) is 5.32 Å². The number of rotatable bonds is 3. The highest BCUT2D eigenvalue weighted by atomic mass is 79.9. The van der Waals surface area contributed by atoms with Crippen molar-refractivity contribution >= 4 is 44.1 Å². The molecule has 1 aromatic heterocycles. The van der Waals surface area contributed by atoms with Crippen LogP contribution in [0, 0.1) is 5.82 Å². The Morgan fingerprint density at radius 2 is 2.05 bits per heavy atom. The number of hydrogen-bond donors (Lipinski definition) is 2. The van der Waals surface area contributed by atoms with Crippen molar-refractivity contribution in [2.45, 2.75) is 6.54 Å². The maximum atomic E-state index is 13.2. The molecule has 0 saturated heterocycles. The molecule has 3 rings (SSSR count). The van der Waals surface area contributed by atoms with Crippen LogP contribution in [0.25, 0.3) is 10.9 Å². The molecule has 0 radical (unpaired) electrons. The fourth-order valence-corrected chi connectivity index (χ4v) is 3.13. The lowest BCUT2D eigenvalue weighted by Gasteiger charge is -2.10. The Balaban J connectivity index is 1.87. The maximum Gasteiger partial charge on any atom is 0.125 e. The highest BCUT2D eigenvalue weighted by Crippen LogP contribution is 2.32. The average molecular weight is 354 g/mol. The van der Waals surface area contributed by atoms with E-state index >= 15 is 0 Å². The molecular formula is C15H11BrClFN2. The smallest absolute Gasteiger partial charge is 0.125 e. The van der Waals surface area contributed by atoms with Gasteiger partial charge in [-0.3, -0.25) is 0 Å². The summed E-state index contributed by atoms with van der Waals surface area (Å²) in [5.74, 6) is -0.362. The molecule has 0 unspecified atom stereocenters. The van der Waals surface area contributed by atoms with E-state index in [-0.39, 0.29) is 5.82 Å². The van der Waals surface area contributed by atoms with Gasteiger partial charge in [0.2, 0.25) is 0 Å². The molecule has 3 aromatic rings. The van der Waals surface area contributed by atoms with Gasteiger partial charge in [-0.25, -0.2) is 4.39 Å². The van der Waals surface area contributed by atoms with Crippen molar-refractivity contribution in [3.63, 3.8) is 0 Å². The lowest BCUT2D eigenvalue weighted by molar-refractivity contribution is 0.627. The minimum Gasteiger partial charge on any atom is -0.379 e. The van der Waals surface area contributed by atoms with E-state index in [0.29, 0.717) is 21.7 Å². The first kappa shape index (κ1) is 13.5. The summed E-state index contributed by atoms with van der Waals surface area (Å²) in [5, 5.41) is 4.76. The first-order chi connectivity index (χ1) is 9.65. The average Bonchev–Trinajstić information content (AvgIpc) is 2.81. The Morgan fingerprint density at radius 1 is 1.25 bits per heavy atom. The normalized spacial score (nSPS) is 10.9. The van der Waals surface area contributed by atoms with Gasteiger partial charge in [0.05, 0.1) is 10.7 Å². The summed E-state index contributed by atoms with van der Waals surface area (Å²) < 4.78 is 13.8. The van der Waals surface area contributed by atoms with E-state index < -0.39 is 0 Å². The van der Waals surface area contributed by atoms with Crippen molar-refractivity contribution in [2.24, 2.45) is 0 Å². The summed E-state index contributed by atoms with van der Waals surface area (Å²) in [6.07, 6.45) is 1.96. The zero-order chi connectivity index (χ0) is 14.1. The van der Waals surface area contributed by atoms with Crippen LogP contribution in [-0.4, -0.2) is 4.98 Å². The monoisotopic (exact) mass is 352 g/mol. The summed E-state index contributed by atoms with van der Waals surface area (Å²) in [7, 11) is 0. The number of halogens is 3. The number of para-hydroxylation sites is 1. The largest absolute Gasteiger partial charge is 0.379 e. The zero-order valence-corrected chi connectivity index (χ0v) is 12.7. The molecule has 0 amide bonds. The van der Waals surface area contributed by atoms with Crippen LogP contribution < -0.4 is 5.32 Å². The van der Waals surface area contributed by atoms with Gasteiger partial charge in [0, 0.05) is 28.1 Å². The van der Waals surface area contributed by atoms with Gasteiger partial charge < -0.3 is 10.3 Å². The van der Waals surface area contributed by atoms with Gasteiger partial charge in [-0.05, 0) is 39.7 Å². The number of hydrogen-bond acceptors (Lipinski definition) is 1. The third-order valence-electron chi connectivity index (χ3n) is 3.14. The molecule has 0 bridgehead atoms. The van der Waals surface area contributed by atoms with Crippen molar-refractivity contribution in [1.82, 2.24) is 4.98 Å². The number of nitrogens with one attached hydrogen (secondary N) is 2. The molecule has 102 valence electrons. The van der Waals surface area contributed by atoms with Crippen LogP contribution in [0.15, 0.2) is 47.1 Å². The van der Waals surface area contributed by atoms with Gasteiger partial charge in [0.15, 0.2) is 0 Å². The van der Waals surface area contributed by atoms with Crippen LogP contribution in [0.3, 0.4) is 0 Å².